The van der Waals surface area contributed by atoms with Gasteiger partial charge in [0.05, 0.1) is 7.11 Å². The molecule has 1 saturated heterocycles. The molecule has 0 radical (unpaired) electrons. The van der Waals surface area contributed by atoms with Crippen molar-refractivity contribution >= 4 is 11.7 Å². The molecule has 1 amide bonds. The zero-order valence-corrected chi connectivity index (χ0v) is 18.2. The summed E-state index contributed by atoms with van der Waals surface area (Å²) in [6.07, 6.45) is 1.33. The number of piperidine rings is 1. The average Bonchev–Trinajstić information content (AvgIpc) is 2.87. The highest BCUT2D eigenvalue weighted by Crippen LogP contribution is 2.25. The molecule has 1 heterocycles. The van der Waals surface area contributed by atoms with Crippen LogP contribution in [0.25, 0.3) is 0 Å². The lowest BCUT2D eigenvalue weighted by atomic mass is 9.88. The smallest absolute Gasteiger partial charge is 0.253 e. The number of hydrogen-bond donors (Lipinski definition) is 0. The van der Waals surface area contributed by atoms with E-state index in [0.717, 1.165) is 11.3 Å². The Morgan fingerprint density at radius 2 is 1.56 bits per heavy atom. The molecule has 0 atom stereocenters. The van der Waals surface area contributed by atoms with Gasteiger partial charge in [-0.1, -0.05) is 36.4 Å². The SMILES string of the molecule is COc1ccc(C(=O)C2CCN(C(=O)c3cccc(OCc4ccccc4)c3)CC2)cc1. The minimum Gasteiger partial charge on any atom is -0.497 e. The monoisotopic (exact) mass is 429 g/mol. The van der Waals surface area contributed by atoms with Crippen LogP contribution < -0.4 is 9.47 Å². The van der Waals surface area contributed by atoms with E-state index in [0.29, 0.717) is 49.4 Å². The first-order valence-electron chi connectivity index (χ1n) is 10.9. The van der Waals surface area contributed by atoms with E-state index in [2.05, 4.69) is 0 Å². The van der Waals surface area contributed by atoms with Crippen LogP contribution in [0.5, 0.6) is 11.5 Å². The van der Waals surface area contributed by atoms with Crippen LogP contribution >= 0.6 is 0 Å². The van der Waals surface area contributed by atoms with E-state index in [1.807, 2.05) is 53.4 Å². The summed E-state index contributed by atoms with van der Waals surface area (Å²) in [5.74, 6) is 1.45. The van der Waals surface area contributed by atoms with E-state index in [4.69, 9.17) is 9.47 Å². The molecule has 164 valence electrons. The number of methoxy groups -OCH3 is 1. The predicted molar refractivity (Wildman–Crippen MR) is 123 cm³/mol. The summed E-state index contributed by atoms with van der Waals surface area (Å²) in [7, 11) is 1.61. The molecule has 1 aliphatic heterocycles. The lowest BCUT2D eigenvalue weighted by molar-refractivity contribution is 0.0650. The summed E-state index contributed by atoms with van der Waals surface area (Å²) < 4.78 is 11.0. The van der Waals surface area contributed by atoms with Crippen LogP contribution in [0.3, 0.4) is 0 Å². The van der Waals surface area contributed by atoms with Crippen molar-refractivity contribution in [3.63, 3.8) is 0 Å². The van der Waals surface area contributed by atoms with Gasteiger partial charge in [-0.05, 0) is 60.9 Å². The van der Waals surface area contributed by atoms with Gasteiger partial charge in [0.15, 0.2) is 5.78 Å². The highest BCUT2D eigenvalue weighted by atomic mass is 16.5. The number of hydrogen-bond acceptors (Lipinski definition) is 4. The molecule has 0 spiro atoms. The third-order valence-corrected chi connectivity index (χ3v) is 5.86. The van der Waals surface area contributed by atoms with Gasteiger partial charge in [0.2, 0.25) is 0 Å². The molecular formula is C27H27NO4. The Hall–Kier alpha value is -3.60. The minimum atomic E-state index is -0.0621. The first kappa shape index (κ1) is 21.6. The molecule has 1 aliphatic rings. The fourth-order valence-corrected chi connectivity index (χ4v) is 3.98. The first-order valence-corrected chi connectivity index (χ1v) is 10.9. The Morgan fingerprint density at radius 1 is 0.844 bits per heavy atom. The fraction of sp³-hybridized carbons (Fsp3) is 0.259. The molecular weight excluding hydrogens is 402 g/mol. The molecule has 4 rings (SSSR count). The van der Waals surface area contributed by atoms with Gasteiger partial charge in [0.25, 0.3) is 5.91 Å². The van der Waals surface area contributed by atoms with Crippen molar-refractivity contribution in [3.05, 3.63) is 95.6 Å². The van der Waals surface area contributed by atoms with E-state index >= 15 is 0 Å². The highest BCUT2D eigenvalue weighted by molar-refractivity contribution is 5.98. The summed E-state index contributed by atoms with van der Waals surface area (Å²) >= 11 is 0. The summed E-state index contributed by atoms with van der Waals surface area (Å²) in [5.41, 5.74) is 2.38. The lowest BCUT2D eigenvalue weighted by Gasteiger charge is -2.31. The van der Waals surface area contributed by atoms with Gasteiger partial charge in [-0.25, -0.2) is 0 Å². The zero-order valence-electron chi connectivity index (χ0n) is 18.2. The second kappa shape index (κ2) is 10.1. The molecule has 0 aliphatic carbocycles. The number of nitrogens with zero attached hydrogens (tertiary/aromatic N) is 1. The molecule has 5 heteroatoms. The number of amides is 1. The highest BCUT2D eigenvalue weighted by Gasteiger charge is 2.28. The number of carbonyl (C=O) groups excluding carboxylic acids is 2. The molecule has 0 bridgehead atoms. The quantitative estimate of drug-likeness (QED) is 0.496. The van der Waals surface area contributed by atoms with Crippen molar-refractivity contribution in [2.75, 3.05) is 20.2 Å². The molecule has 0 aromatic heterocycles. The molecule has 5 nitrogen and oxygen atoms in total. The maximum absolute atomic E-state index is 13.0. The van der Waals surface area contributed by atoms with Gasteiger partial charge in [0, 0.05) is 30.1 Å². The van der Waals surface area contributed by atoms with Crippen LogP contribution in [0.15, 0.2) is 78.9 Å². The topological polar surface area (TPSA) is 55.8 Å². The summed E-state index contributed by atoms with van der Waals surface area (Å²) in [6, 6.07) is 24.5. The van der Waals surface area contributed by atoms with Crippen molar-refractivity contribution in [1.82, 2.24) is 4.90 Å². The summed E-state index contributed by atoms with van der Waals surface area (Å²) in [5, 5.41) is 0. The van der Waals surface area contributed by atoms with E-state index in [9.17, 15) is 9.59 Å². The van der Waals surface area contributed by atoms with E-state index in [-0.39, 0.29) is 17.6 Å². The third-order valence-electron chi connectivity index (χ3n) is 5.86. The lowest BCUT2D eigenvalue weighted by Crippen LogP contribution is -2.40. The summed E-state index contributed by atoms with van der Waals surface area (Å²) in [4.78, 5) is 27.7. The van der Waals surface area contributed by atoms with Crippen molar-refractivity contribution in [2.24, 2.45) is 5.92 Å². The predicted octanol–water partition coefficient (Wildman–Crippen LogP) is 5.01. The second-order valence-electron chi connectivity index (χ2n) is 7.96. The van der Waals surface area contributed by atoms with Crippen LogP contribution in [0.1, 0.15) is 39.1 Å². The molecule has 0 N–H and O–H groups in total. The number of Topliss-reactive ketones (excluding diaryl/α,β-unsaturated/α-hetero) is 1. The molecule has 3 aromatic rings. The van der Waals surface area contributed by atoms with Gasteiger partial charge in [-0.15, -0.1) is 0 Å². The minimum absolute atomic E-state index is 0.0227. The van der Waals surface area contributed by atoms with E-state index in [1.165, 1.54) is 0 Å². The van der Waals surface area contributed by atoms with Crippen LogP contribution in [0.4, 0.5) is 0 Å². The molecule has 32 heavy (non-hydrogen) atoms. The number of ether oxygens (including phenoxy) is 2. The molecule has 3 aromatic carbocycles. The van der Waals surface area contributed by atoms with Gasteiger partial charge < -0.3 is 14.4 Å². The Balaban J connectivity index is 1.33. The zero-order chi connectivity index (χ0) is 22.3. The Labute approximate surface area is 188 Å². The van der Waals surface area contributed by atoms with Crippen LogP contribution in [0.2, 0.25) is 0 Å². The van der Waals surface area contributed by atoms with Crippen LogP contribution in [-0.2, 0) is 6.61 Å². The van der Waals surface area contributed by atoms with Gasteiger partial charge in [0.1, 0.15) is 18.1 Å². The van der Waals surface area contributed by atoms with Crippen molar-refractivity contribution in [2.45, 2.75) is 19.4 Å². The molecule has 0 unspecified atom stereocenters. The van der Waals surface area contributed by atoms with E-state index < -0.39 is 0 Å². The molecule has 0 saturated carbocycles. The number of rotatable bonds is 7. The molecule has 1 fully saturated rings. The van der Waals surface area contributed by atoms with E-state index in [1.54, 1.807) is 37.4 Å². The van der Waals surface area contributed by atoms with Gasteiger partial charge in [-0.3, -0.25) is 9.59 Å². The van der Waals surface area contributed by atoms with Gasteiger partial charge in [-0.2, -0.15) is 0 Å². The number of ketones is 1. The van der Waals surface area contributed by atoms with Crippen molar-refractivity contribution < 1.29 is 19.1 Å². The van der Waals surface area contributed by atoms with Crippen molar-refractivity contribution in [1.29, 1.82) is 0 Å². The average molecular weight is 430 g/mol. The van der Waals surface area contributed by atoms with Gasteiger partial charge >= 0.3 is 0 Å². The Bertz CT molecular complexity index is 1050. The number of carbonyl (C=O) groups is 2. The normalized spacial score (nSPS) is 14.1. The first-order chi connectivity index (χ1) is 15.6. The van der Waals surface area contributed by atoms with Crippen LogP contribution in [0, 0.1) is 5.92 Å². The summed E-state index contributed by atoms with van der Waals surface area (Å²) in [6.45, 7) is 1.60. The van der Waals surface area contributed by atoms with Crippen LogP contribution in [-0.4, -0.2) is 36.8 Å². The maximum atomic E-state index is 13.0. The maximum Gasteiger partial charge on any atom is 0.253 e. The Kier molecular flexibility index (Phi) is 6.85. The second-order valence-corrected chi connectivity index (χ2v) is 7.96. The number of benzene rings is 3. The standard InChI is InChI=1S/C27H27NO4/c1-31-24-12-10-21(11-13-24)26(29)22-14-16-28(17-15-22)27(30)23-8-5-9-25(18-23)32-19-20-6-3-2-4-7-20/h2-13,18,22H,14-17,19H2,1H3. The third kappa shape index (κ3) is 5.17. The largest absolute Gasteiger partial charge is 0.497 e. The number of likely N-dealkylation sites (tertiary alicyclic amines) is 1. The van der Waals surface area contributed by atoms with Crippen molar-refractivity contribution in [3.8, 4) is 11.5 Å². The Morgan fingerprint density at radius 3 is 2.25 bits per heavy atom. The fourth-order valence-electron chi connectivity index (χ4n) is 3.98.